The van der Waals surface area contributed by atoms with Crippen LogP contribution in [0.15, 0.2) is 34.9 Å². The number of amides is 2. The fourth-order valence-corrected chi connectivity index (χ4v) is 3.87. The third kappa shape index (κ3) is 4.09. The molecule has 0 saturated carbocycles. The van der Waals surface area contributed by atoms with Crippen LogP contribution in [0.25, 0.3) is 0 Å². The molecule has 1 aromatic heterocycles. The molecule has 0 radical (unpaired) electrons. The Labute approximate surface area is 164 Å². The van der Waals surface area contributed by atoms with Crippen molar-refractivity contribution in [3.63, 3.8) is 0 Å². The van der Waals surface area contributed by atoms with Crippen LogP contribution >= 0.6 is 0 Å². The Kier molecular flexibility index (Phi) is 5.43. The van der Waals surface area contributed by atoms with Crippen LogP contribution in [0.5, 0.6) is 0 Å². The van der Waals surface area contributed by atoms with Crippen LogP contribution < -0.4 is 4.90 Å². The topological polar surface area (TPSA) is 69.9 Å². The lowest BCUT2D eigenvalue weighted by molar-refractivity contribution is -0.119. The van der Waals surface area contributed by atoms with Crippen molar-refractivity contribution in [2.75, 3.05) is 37.6 Å². The summed E-state index contributed by atoms with van der Waals surface area (Å²) in [6.45, 7) is 6.41. The van der Waals surface area contributed by atoms with Crippen molar-refractivity contribution in [3.8, 4) is 0 Å². The van der Waals surface area contributed by atoms with Gasteiger partial charge in [-0.15, -0.1) is 0 Å². The predicted molar refractivity (Wildman–Crippen MR) is 105 cm³/mol. The zero-order chi connectivity index (χ0) is 19.5. The number of aromatic nitrogens is 1. The van der Waals surface area contributed by atoms with E-state index in [1.807, 2.05) is 47.1 Å². The zero-order valence-corrected chi connectivity index (χ0v) is 16.3. The van der Waals surface area contributed by atoms with Gasteiger partial charge in [-0.05, 0) is 44.0 Å². The van der Waals surface area contributed by atoms with Crippen LogP contribution in [0.3, 0.4) is 0 Å². The highest BCUT2D eigenvalue weighted by Gasteiger charge is 2.24. The molecule has 2 saturated heterocycles. The summed E-state index contributed by atoms with van der Waals surface area (Å²) in [5.41, 5.74) is 2.44. The van der Waals surface area contributed by atoms with E-state index >= 15 is 0 Å². The number of carbonyl (C=O) groups is 2. The molecule has 7 heteroatoms. The maximum atomic E-state index is 12.8. The van der Waals surface area contributed by atoms with Crippen molar-refractivity contribution in [3.05, 3.63) is 47.3 Å². The lowest BCUT2D eigenvalue weighted by Gasteiger charge is -2.34. The largest absolute Gasteiger partial charge is 0.360 e. The summed E-state index contributed by atoms with van der Waals surface area (Å²) >= 11 is 0. The lowest BCUT2D eigenvalue weighted by Crippen LogP contribution is -2.48. The summed E-state index contributed by atoms with van der Waals surface area (Å²) in [4.78, 5) is 30.9. The van der Waals surface area contributed by atoms with Gasteiger partial charge in [-0.2, -0.15) is 0 Å². The van der Waals surface area contributed by atoms with E-state index in [0.717, 1.165) is 56.2 Å². The molecule has 0 N–H and O–H groups in total. The van der Waals surface area contributed by atoms with Crippen LogP contribution in [-0.2, 0) is 11.3 Å². The van der Waals surface area contributed by atoms with Crippen molar-refractivity contribution in [1.82, 2.24) is 15.0 Å². The Bertz CT molecular complexity index is 838. The van der Waals surface area contributed by atoms with Gasteiger partial charge in [0.15, 0.2) is 5.76 Å². The summed E-state index contributed by atoms with van der Waals surface area (Å²) in [7, 11) is 0. The van der Waals surface area contributed by atoms with E-state index < -0.39 is 0 Å². The van der Waals surface area contributed by atoms with E-state index in [0.29, 0.717) is 25.1 Å². The number of benzene rings is 1. The van der Waals surface area contributed by atoms with E-state index in [-0.39, 0.29) is 11.8 Å². The third-order valence-electron chi connectivity index (χ3n) is 5.47. The molecule has 0 atom stereocenters. The van der Waals surface area contributed by atoms with Crippen LogP contribution in [0, 0.1) is 6.92 Å². The molecule has 3 heterocycles. The number of anilines is 1. The lowest BCUT2D eigenvalue weighted by atomic mass is 10.1. The summed E-state index contributed by atoms with van der Waals surface area (Å²) in [6.07, 6.45) is 2.61. The number of hydrogen-bond acceptors (Lipinski definition) is 5. The highest BCUT2D eigenvalue weighted by Crippen LogP contribution is 2.22. The number of piperidine rings is 1. The first-order valence-corrected chi connectivity index (χ1v) is 9.94. The fourth-order valence-electron chi connectivity index (χ4n) is 3.87. The van der Waals surface area contributed by atoms with Gasteiger partial charge in [-0.3, -0.25) is 14.5 Å². The first-order chi connectivity index (χ1) is 13.6. The normalized spacial score (nSPS) is 18.5. The van der Waals surface area contributed by atoms with Crippen LogP contribution in [0.2, 0.25) is 0 Å². The smallest absolute Gasteiger partial charge is 0.253 e. The maximum Gasteiger partial charge on any atom is 0.253 e. The summed E-state index contributed by atoms with van der Waals surface area (Å²) < 4.78 is 5.28. The zero-order valence-electron chi connectivity index (χ0n) is 16.3. The third-order valence-corrected chi connectivity index (χ3v) is 5.47. The van der Waals surface area contributed by atoms with E-state index in [1.54, 1.807) is 0 Å². The second-order valence-corrected chi connectivity index (χ2v) is 7.55. The predicted octanol–water partition coefficient (Wildman–Crippen LogP) is 2.46. The van der Waals surface area contributed by atoms with Crippen molar-refractivity contribution < 1.29 is 14.1 Å². The Morgan fingerprint density at radius 2 is 1.82 bits per heavy atom. The molecule has 2 aromatic rings. The van der Waals surface area contributed by atoms with Gasteiger partial charge in [-0.1, -0.05) is 5.16 Å². The van der Waals surface area contributed by atoms with Crippen molar-refractivity contribution >= 4 is 17.5 Å². The summed E-state index contributed by atoms with van der Waals surface area (Å²) in [6, 6.07) is 9.40. The first-order valence-electron chi connectivity index (χ1n) is 9.94. The molecule has 0 bridgehead atoms. The second kappa shape index (κ2) is 8.14. The molecule has 4 rings (SSSR count). The highest BCUT2D eigenvalue weighted by molar-refractivity contribution is 5.97. The van der Waals surface area contributed by atoms with E-state index in [2.05, 4.69) is 10.1 Å². The SMILES string of the molecule is Cc1cc(CN2CCN(C(=O)c3ccc(N4CCCCC4=O)cc3)CC2)on1. The molecule has 0 spiro atoms. The molecule has 2 amide bonds. The fraction of sp³-hybridized carbons (Fsp3) is 0.476. The summed E-state index contributed by atoms with van der Waals surface area (Å²) in [5.74, 6) is 1.08. The van der Waals surface area contributed by atoms with Crippen molar-refractivity contribution in [2.45, 2.75) is 32.7 Å². The molecule has 0 aliphatic carbocycles. The molecule has 2 fully saturated rings. The van der Waals surface area contributed by atoms with Gasteiger partial charge < -0.3 is 14.3 Å². The van der Waals surface area contributed by atoms with E-state index in [1.165, 1.54) is 0 Å². The number of aryl methyl sites for hydroxylation is 1. The quantitative estimate of drug-likeness (QED) is 0.812. The highest BCUT2D eigenvalue weighted by atomic mass is 16.5. The number of hydrogen-bond donors (Lipinski definition) is 0. The number of nitrogens with zero attached hydrogens (tertiary/aromatic N) is 4. The van der Waals surface area contributed by atoms with Gasteiger partial charge in [-0.25, -0.2) is 0 Å². The molecule has 28 heavy (non-hydrogen) atoms. The van der Waals surface area contributed by atoms with Gasteiger partial charge >= 0.3 is 0 Å². The Morgan fingerprint density at radius 3 is 2.46 bits per heavy atom. The van der Waals surface area contributed by atoms with Crippen LogP contribution in [0.4, 0.5) is 5.69 Å². The molecule has 1 aromatic carbocycles. The minimum Gasteiger partial charge on any atom is -0.360 e. The van der Waals surface area contributed by atoms with E-state index in [4.69, 9.17) is 4.52 Å². The minimum atomic E-state index is 0.0479. The van der Waals surface area contributed by atoms with Crippen LogP contribution in [-0.4, -0.2) is 59.5 Å². The number of carbonyl (C=O) groups excluding carboxylic acids is 2. The summed E-state index contributed by atoms with van der Waals surface area (Å²) in [5, 5.41) is 3.92. The molecular weight excluding hydrogens is 356 g/mol. The molecule has 0 unspecified atom stereocenters. The van der Waals surface area contributed by atoms with E-state index in [9.17, 15) is 9.59 Å². The Balaban J connectivity index is 1.33. The Morgan fingerprint density at radius 1 is 1.07 bits per heavy atom. The van der Waals surface area contributed by atoms with Gasteiger partial charge in [0.2, 0.25) is 5.91 Å². The van der Waals surface area contributed by atoms with Gasteiger partial charge in [0.25, 0.3) is 5.91 Å². The molecular formula is C21H26N4O3. The molecule has 7 nitrogen and oxygen atoms in total. The van der Waals surface area contributed by atoms with Gasteiger partial charge in [0.1, 0.15) is 0 Å². The van der Waals surface area contributed by atoms with Gasteiger partial charge in [0, 0.05) is 56.5 Å². The van der Waals surface area contributed by atoms with Crippen LogP contribution in [0.1, 0.15) is 41.1 Å². The number of piperazine rings is 1. The number of rotatable bonds is 4. The second-order valence-electron chi connectivity index (χ2n) is 7.55. The molecule has 2 aliphatic rings. The maximum absolute atomic E-state index is 12.8. The minimum absolute atomic E-state index is 0.0479. The molecule has 148 valence electrons. The Hall–Kier alpha value is -2.67. The average Bonchev–Trinajstić information content (AvgIpc) is 3.13. The first kappa shape index (κ1) is 18.7. The van der Waals surface area contributed by atoms with Gasteiger partial charge in [0.05, 0.1) is 12.2 Å². The average molecular weight is 382 g/mol. The molecule has 2 aliphatic heterocycles. The standard InChI is InChI=1S/C21H26N4O3/c1-16-14-19(28-22-16)15-23-10-12-24(13-11-23)21(27)17-5-7-18(8-6-17)25-9-3-2-4-20(25)26/h5-8,14H,2-4,9-13,15H2,1H3. The van der Waals surface area contributed by atoms with Crippen molar-refractivity contribution in [2.24, 2.45) is 0 Å². The van der Waals surface area contributed by atoms with Crippen molar-refractivity contribution in [1.29, 1.82) is 0 Å². The monoisotopic (exact) mass is 382 g/mol.